The third kappa shape index (κ3) is 6.09. The lowest BCUT2D eigenvalue weighted by Crippen LogP contribution is -2.42. The van der Waals surface area contributed by atoms with E-state index >= 15 is 0 Å². The van der Waals surface area contributed by atoms with E-state index in [1.54, 1.807) is 19.2 Å². The molecule has 0 amide bonds. The first-order valence-corrected chi connectivity index (χ1v) is 11.3. The Kier molecular flexibility index (Phi) is 7.35. The van der Waals surface area contributed by atoms with Crippen LogP contribution in [0.4, 0.5) is 0 Å². The summed E-state index contributed by atoms with van der Waals surface area (Å²) in [6.45, 7) is 2.10. The highest BCUT2D eigenvalue weighted by atomic mass is 35.5. The first kappa shape index (κ1) is 21.4. The van der Waals surface area contributed by atoms with Crippen molar-refractivity contribution in [2.24, 2.45) is 4.99 Å². The Labute approximate surface area is 176 Å². The molecule has 0 aromatic heterocycles. The molecule has 1 aliphatic heterocycles. The minimum absolute atomic E-state index is 0.146. The van der Waals surface area contributed by atoms with Gasteiger partial charge in [0.15, 0.2) is 5.96 Å². The number of nitrogens with zero attached hydrogens (tertiary/aromatic N) is 1. The fraction of sp³-hybridized carbons (Fsp3) is 0.350. The summed E-state index contributed by atoms with van der Waals surface area (Å²) in [6.07, 6.45) is 1.82. The molecule has 29 heavy (non-hydrogen) atoms. The van der Waals surface area contributed by atoms with Crippen LogP contribution in [0.2, 0.25) is 5.02 Å². The molecular weight excluding hydrogens is 412 g/mol. The van der Waals surface area contributed by atoms with Gasteiger partial charge < -0.3 is 15.4 Å². The largest absolute Gasteiger partial charge is 0.493 e. The van der Waals surface area contributed by atoms with Crippen LogP contribution in [-0.2, 0) is 22.9 Å². The lowest BCUT2D eigenvalue weighted by atomic mass is 10.1. The molecule has 2 aromatic rings. The molecule has 7 nitrogen and oxygen atoms in total. The number of ether oxygens (including phenoxy) is 1. The minimum atomic E-state index is -3.59. The molecule has 3 rings (SSSR count). The third-order valence-electron chi connectivity index (χ3n) is 4.50. The molecule has 0 aliphatic carbocycles. The number of rotatable bonds is 8. The summed E-state index contributed by atoms with van der Waals surface area (Å²) in [6, 6.07) is 12.5. The van der Waals surface area contributed by atoms with E-state index in [2.05, 4.69) is 32.5 Å². The summed E-state index contributed by atoms with van der Waals surface area (Å²) in [5, 5.41) is 6.72. The Balaban J connectivity index is 1.39. The smallest absolute Gasteiger partial charge is 0.240 e. The summed E-state index contributed by atoms with van der Waals surface area (Å²) < 4.78 is 32.6. The third-order valence-corrected chi connectivity index (χ3v) is 6.19. The Morgan fingerprint density at radius 2 is 1.97 bits per heavy atom. The van der Waals surface area contributed by atoms with Gasteiger partial charge in [-0.05, 0) is 41.8 Å². The maximum absolute atomic E-state index is 12.3. The normalized spacial score (nSPS) is 13.7. The Morgan fingerprint density at radius 3 is 2.76 bits per heavy atom. The molecule has 3 N–H and O–H groups in total. The van der Waals surface area contributed by atoms with Crippen LogP contribution in [-0.4, -0.2) is 47.7 Å². The SMILES string of the molecule is CN=C(NCCNS(=O)(=O)c1cccc(Cl)c1)NCCc1ccc2c(c1)CCO2. The standard InChI is InChI=1S/C20H25ClN4O3S/c1-22-20(23-9-7-15-5-6-19-16(13-15)8-12-28-19)24-10-11-25-29(26,27)18-4-2-3-17(21)14-18/h2-6,13-14,25H,7-12H2,1H3,(H2,22,23,24). The first-order chi connectivity index (χ1) is 14.0. The molecular formula is C20H25ClN4O3S. The van der Waals surface area contributed by atoms with Crippen molar-refractivity contribution in [1.82, 2.24) is 15.4 Å². The van der Waals surface area contributed by atoms with Gasteiger partial charge in [-0.1, -0.05) is 29.8 Å². The number of nitrogens with one attached hydrogen (secondary N) is 3. The maximum Gasteiger partial charge on any atom is 0.240 e. The Bertz CT molecular complexity index is 979. The average molecular weight is 437 g/mol. The quantitative estimate of drug-likeness (QED) is 0.334. The maximum atomic E-state index is 12.3. The zero-order chi connectivity index (χ0) is 20.7. The number of hydrogen-bond acceptors (Lipinski definition) is 4. The van der Waals surface area contributed by atoms with E-state index in [9.17, 15) is 8.42 Å². The van der Waals surface area contributed by atoms with Crippen LogP contribution in [0.1, 0.15) is 11.1 Å². The minimum Gasteiger partial charge on any atom is -0.493 e. The summed E-state index contributed by atoms with van der Waals surface area (Å²) in [5.41, 5.74) is 2.50. The van der Waals surface area contributed by atoms with Gasteiger partial charge in [0, 0.05) is 38.1 Å². The second-order valence-corrected chi connectivity index (χ2v) is 8.77. The molecule has 2 aromatic carbocycles. The number of benzene rings is 2. The van der Waals surface area contributed by atoms with Gasteiger partial charge in [0.05, 0.1) is 11.5 Å². The van der Waals surface area contributed by atoms with Crippen molar-refractivity contribution in [2.75, 3.05) is 33.3 Å². The number of hydrogen-bond donors (Lipinski definition) is 3. The van der Waals surface area contributed by atoms with Crippen LogP contribution in [0, 0.1) is 0 Å². The van der Waals surface area contributed by atoms with Crippen LogP contribution in [0.15, 0.2) is 52.4 Å². The van der Waals surface area contributed by atoms with Crippen LogP contribution in [0.25, 0.3) is 0 Å². The monoisotopic (exact) mass is 436 g/mol. The Hall–Kier alpha value is -2.29. The topological polar surface area (TPSA) is 91.8 Å². The lowest BCUT2D eigenvalue weighted by Gasteiger charge is -2.13. The fourth-order valence-electron chi connectivity index (χ4n) is 3.03. The van der Waals surface area contributed by atoms with Gasteiger partial charge >= 0.3 is 0 Å². The van der Waals surface area contributed by atoms with Crippen LogP contribution >= 0.6 is 11.6 Å². The zero-order valence-electron chi connectivity index (χ0n) is 16.2. The second-order valence-electron chi connectivity index (χ2n) is 6.57. The highest BCUT2D eigenvalue weighted by Crippen LogP contribution is 2.25. The van der Waals surface area contributed by atoms with E-state index < -0.39 is 10.0 Å². The molecule has 1 heterocycles. The summed E-state index contributed by atoms with van der Waals surface area (Å²) in [4.78, 5) is 4.31. The number of guanidine groups is 1. The first-order valence-electron chi connectivity index (χ1n) is 9.42. The Morgan fingerprint density at radius 1 is 1.14 bits per heavy atom. The van der Waals surface area contributed by atoms with Gasteiger partial charge in [0.2, 0.25) is 10.0 Å². The molecule has 0 saturated carbocycles. The van der Waals surface area contributed by atoms with Crippen molar-refractivity contribution >= 4 is 27.6 Å². The van der Waals surface area contributed by atoms with Crippen molar-refractivity contribution < 1.29 is 13.2 Å². The van der Waals surface area contributed by atoms with Gasteiger partial charge in [-0.2, -0.15) is 0 Å². The van der Waals surface area contributed by atoms with Gasteiger partial charge in [0.25, 0.3) is 0 Å². The van der Waals surface area contributed by atoms with E-state index in [0.717, 1.165) is 25.2 Å². The average Bonchev–Trinajstić information content (AvgIpc) is 3.17. The van der Waals surface area contributed by atoms with E-state index in [0.29, 0.717) is 24.1 Å². The highest BCUT2D eigenvalue weighted by Gasteiger charge is 2.14. The number of halogens is 1. The van der Waals surface area contributed by atoms with Crippen molar-refractivity contribution in [3.63, 3.8) is 0 Å². The van der Waals surface area contributed by atoms with Crippen molar-refractivity contribution in [1.29, 1.82) is 0 Å². The van der Waals surface area contributed by atoms with Gasteiger partial charge in [0.1, 0.15) is 5.75 Å². The molecule has 9 heteroatoms. The van der Waals surface area contributed by atoms with E-state index in [1.165, 1.54) is 23.3 Å². The van der Waals surface area contributed by atoms with E-state index in [4.69, 9.17) is 16.3 Å². The number of fused-ring (bicyclic) bond motifs is 1. The van der Waals surface area contributed by atoms with Crippen molar-refractivity contribution in [2.45, 2.75) is 17.7 Å². The molecule has 0 radical (unpaired) electrons. The molecule has 1 aliphatic rings. The van der Waals surface area contributed by atoms with Crippen LogP contribution in [0.3, 0.4) is 0 Å². The van der Waals surface area contributed by atoms with E-state index in [-0.39, 0.29) is 11.4 Å². The fourth-order valence-corrected chi connectivity index (χ4v) is 4.36. The summed E-state index contributed by atoms with van der Waals surface area (Å²) in [7, 11) is -1.91. The molecule has 0 spiro atoms. The van der Waals surface area contributed by atoms with Crippen LogP contribution in [0.5, 0.6) is 5.75 Å². The molecule has 0 fully saturated rings. The summed E-state index contributed by atoms with van der Waals surface area (Å²) in [5.74, 6) is 1.61. The molecule has 0 saturated heterocycles. The zero-order valence-corrected chi connectivity index (χ0v) is 17.8. The predicted molar refractivity (Wildman–Crippen MR) is 115 cm³/mol. The highest BCUT2D eigenvalue weighted by molar-refractivity contribution is 7.89. The van der Waals surface area contributed by atoms with E-state index in [1.807, 2.05) is 6.07 Å². The van der Waals surface area contributed by atoms with Gasteiger partial charge in [-0.25, -0.2) is 13.1 Å². The van der Waals surface area contributed by atoms with Crippen molar-refractivity contribution in [3.8, 4) is 5.75 Å². The van der Waals surface area contributed by atoms with Gasteiger partial charge in [-0.3, -0.25) is 4.99 Å². The molecule has 0 unspecified atom stereocenters. The second kappa shape index (κ2) is 9.96. The predicted octanol–water partition coefficient (Wildman–Crippen LogP) is 1.96. The van der Waals surface area contributed by atoms with Gasteiger partial charge in [-0.15, -0.1) is 0 Å². The van der Waals surface area contributed by atoms with Crippen LogP contribution < -0.4 is 20.1 Å². The van der Waals surface area contributed by atoms with Crippen molar-refractivity contribution in [3.05, 3.63) is 58.6 Å². The molecule has 156 valence electrons. The lowest BCUT2D eigenvalue weighted by molar-refractivity contribution is 0.357. The molecule has 0 bridgehead atoms. The number of sulfonamides is 1. The number of aliphatic imine (C=N–C) groups is 1. The summed E-state index contributed by atoms with van der Waals surface area (Å²) >= 11 is 5.86. The molecule has 0 atom stereocenters.